The number of nitrogens with one attached hydrogen (secondary N) is 1. The number of amides is 2. The summed E-state index contributed by atoms with van der Waals surface area (Å²) in [7, 11) is 0. The van der Waals surface area contributed by atoms with Crippen LogP contribution in [0.1, 0.15) is 58.8 Å². The highest BCUT2D eigenvalue weighted by atomic mass is 16.2. The first-order valence-electron chi connectivity index (χ1n) is 9.03. The molecule has 0 spiro atoms. The minimum Gasteiger partial charge on any atom is -0.329 e. The Hall–Kier alpha value is -1.88. The molecule has 0 saturated carbocycles. The maximum absolute atomic E-state index is 12.2. The molecule has 3 N–H and O–H groups in total. The van der Waals surface area contributed by atoms with Gasteiger partial charge in [-0.25, -0.2) is 0 Å². The van der Waals surface area contributed by atoms with Crippen molar-refractivity contribution in [1.82, 2.24) is 0 Å². The minimum absolute atomic E-state index is 0.00159. The van der Waals surface area contributed by atoms with Gasteiger partial charge in [-0.2, -0.15) is 0 Å². The Morgan fingerprint density at radius 1 is 1.08 bits per heavy atom. The third kappa shape index (κ3) is 6.71. The molecule has 0 bridgehead atoms. The largest absolute Gasteiger partial charge is 0.329 e. The van der Waals surface area contributed by atoms with Crippen molar-refractivity contribution in [3.63, 3.8) is 0 Å². The van der Waals surface area contributed by atoms with Gasteiger partial charge in [0.05, 0.1) is 11.4 Å². The number of para-hydroxylation sites is 2. The Labute approximate surface area is 145 Å². The van der Waals surface area contributed by atoms with E-state index in [1.165, 1.54) is 19.3 Å². The molecule has 0 atom stereocenters. The standard InChI is InChI=1S/C19H31N3O2/c1-3-5-6-7-8-13-18(23)21-16-11-9-10-12-17(16)22(15-14-20)19(24)4-2/h9-12H,3-8,13-15,20H2,1-2H3,(H,21,23). The Morgan fingerprint density at radius 3 is 2.46 bits per heavy atom. The van der Waals surface area contributed by atoms with E-state index in [1.54, 1.807) is 4.90 Å². The van der Waals surface area contributed by atoms with Crippen molar-refractivity contribution < 1.29 is 9.59 Å². The first-order valence-corrected chi connectivity index (χ1v) is 9.03. The zero-order valence-corrected chi connectivity index (χ0v) is 15.0. The van der Waals surface area contributed by atoms with Crippen molar-refractivity contribution in [3.8, 4) is 0 Å². The van der Waals surface area contributed by atoms with Crippen LogP contribution in [0.3, 0.4) is 0 Å². The van der Waals surface area contributed by atoms with Crippen molar-refractivity contribution in [2.75, 3.05) is 23.3 Å². The highest BCUT2D eigenvalue weighted by Crippen LogP contribution is 2.26. The zero-order valence-electron chi connectivity index (χ0n) is 15.0. The van der Waals surface area contributed by atoms with Crippen molar-refractivity contribution in [2.45, 2.75) is 58.8 Å². The summed E-state index contributed by atoms with van der Waals surface area (Å²) >= 11 is 0. The first kappa shape index (κ1) is 20.2. The summed E-state index contributed by atoms with van der Waals surface area (Å²) in [5, 5.41) is 2.95. The van der Waals surface area contributed by atoms with E-state index in [-0.39, 0.29) is 11.8 Å². The number of hydrogen-bond donors (Lipinski definition) is 2. The summed E-state index contributed by atoms with van der Waals surface area (Å²) in [5.41, 5.74) is 7.02. The molecule has 1 aromatic rings. The molecule has 0 saturated heterocycles. The van der Waals surface area contributed by atoms with Gasteiger partial charge in [0, 0.05) is 25.9 Å². The number of unbranched alkanes of at least 4 members (excludes halogenated alkanes) is 4. The van der Waals surface area contributed by atoms with E-state index in [9.17, 15) is 9.59 Å². The number of carbonyl (C=O) groups is 2. The van der Waals surface area contributed by atoms with Crippen molar-refractivity contribution in [2.24, 2.45) is 5.73 Å². The van der Waals surface area contributed by atoms with E-state index in [1.807, 2.05) is 31.2 Å². The molecular formula is C19H31N3O2. The second-order valence-corrected chi connectivity index (χ2v) is 5.92. The molecule has 134 valence electrons. The fourth-order valence-corrected chi connectivity index (χ4v) is 2.62. The van der Waals surface area contributed by atoms with Crippen LogP contribution in [-0.4, -0.2) is 24.9 Å². The van der Waals surface area contributed by atoms with Gasteiger partial charge in [-0.05, 0) is 18.6 Å². The molecule has 0 aliphatic rings. The molecule has 0 aliphatic heterocycles. The van der Waals surface area contributed by atoms with E-state index in [4.69, 9.17) is 5.73 Å². The van der Waals surface area contributed by atoms with Gasteiger partial charge in [0.25, 0.3) is 0 Å². The van der Waals surface area contributed by atoms with Crippen LogP contribution < -0.4 is 16.0 Å². The highest BCUT2D eigenvalue weighted by molar-refractivity contribution is 6.00. The first-order chi connectivity index (χ1) is 11.6. The maximum Gasteiger partial charge on any atom is 0.226 e. The van der Waals surface area contributed by atoms with Gasteiger partial charge < -0.3 is 16.0 Å². The lowest BCUT2D eigenvalue weighted by molar-refractivity contribution is -0.118. The molecule has 0 unspecified atom stereocenters. The van der Waals surface area contributed by atoms with E-state index in [2.05, 4.69) is 12.2 Å². The molecular weight excluding hydrogens is 302 g/mol. The monoisotopic (exact) mass is 333 g/mol. The summed E-state index contributed by atoms with van der Waals surface area (Å²) in [6, 6.07) is 7.40. The van der Waals surface area contributed by atoms with Gasteiger partial charge in [0.15, 0.2) is 0 Å². The summed E-state index contributed by atoms with van der Waals surface area (Å²) in [5.74, 6) is -0.00249. The SMILES string of the molecule is CCCCCCCC(=O)Nc1ccccc1N(CCN)C(=O)CC. The third-order valence-corrected chi connectivity index (χ3v) is 3.93. The number of anilines is 2. The van der Waals surface area contributed by atoms with Crippen molar-refractivity contribution in [3.05, 3.63) is 24.3 Å². The molecule has 24 heavy (non-hydrogen) atoms. The molecule has 0 radical (unpaired) electrons. The number of nitrogens with zero attached hydrogens (tertiary/aromatic N) is 1. The smallest absolute Gasteiger partial charge is 0.226 e. The van der Waals surface area contributed by atoms with Crippen LogP contribution in [0, 0.1) is 0 Å². The Morgan fingerprint density at radius 2 is 1.79 bits per heavy atom. The lowest BCUT2D eigenvalue weighted by Gasteiger charge is -2.24. The zero-order chi connectivity index (χ0) is 17.8. The second-order valence-electron chi connectivity index (χ2n) is 5.92. The van der Waals surface area contributed by atoms with Crippen LogP contribution in [0.5, 0.6) is 0 Å². The number of hydrogen-bond acceptors (Lipinski definition) is 3. The fourth-order valence-electron chi connectivity index (χ4n) is 2.62. The summed E-state index contributed by atoms with van der Waals surface area (Å²) in [6.07, 6.45) is 6.48. The van der Waals surface area contributed by atoms with Crippen LogP contribution in [0.4, 0.5) is 11.4 Å². The maximum atomic E-state index is 12.2. The molecule has 0 aromatic heterocycles. The summed E-state index contributed by atoms with van der Waals surface area (Å²) < 4.78 is 0. The van der Waals surface area contributed by atoms with Crippen LogP contribution >= 0.6 is 0 Å². The average molecular weight is 333 g/mol. The third-order valence-electron chi connectivity index (χ3n) is 3.93. The van der Waals surface area contributed by atoms with Crippen molar-refractivity contribution in [1.29, 1.82) is 0 Å². The van der Waals surface area contributed by atoms with Gasteiger partial charge in [-0.15, -0.1) is 0 Å². The lowest BCUT2D eigenvalue weighted by atomic mass is 10.1. The van der Waals surface area contributed by atoms with Crippen LogP contribution in [-0.2, 0) is 9.59 Å². The van der Waals surface area contributed by atoms with Crippen LogP contribution in [0.15, 0.2) is 24.3 Å². The van der Waals surface area contributed by atoms with Crippen LogP contribution in [0.25, 0.3) is 0 Å². The van der Waals surface area contributed by atoms with Crippen molar-refractivity contribution >= 4 is 23.2 Å². The van der Waals surface area contributed by atoms with E-state index < -0.39 is 0 Å². The highest BCUT2D eigenvalue weighted by Gasteiger charge is 2.17. The molecule has 2 amide bonds. The van der Waals surface area contributed by atoms with Gasteiger partial charge in [0.2, 0.25) is 11.8 Å². The minimum atomic E-state index is -0.00408. The Kier molecular flexibility index (Phi) is 9.77. The van der Waals surface area contributed by atoms with Gasteiger partial charge in [0.1, 0.15) is 0 Å². The average Bonchev–Trinajstić information content (AvgIpc) is 2.59. The number of nitrogens with two attached hydrogens (primary N) is 1. The molecule has 0 fully saturated rings. The molecule has 1 rings (SSSR count). The molecule has 0 aliphatic carbocycles. The van der Waals surface area contributed by atoms with E-state index in [0.717, 1.165) is 12.8 Å². The molecule has 5 heteroatoms. The predicted octanol–water partition coefficient (Wildman–Crippen LogP) is 3.69. The van der Waals surface area contributed by atoms with E-state index in [0.29, 0.717) is 37.3 Å². The molecule has 5 nitrogen and oxygen atoms in total. The van der Waals surface area contributed by atoms with Gasteiger partial charge in [-0.1, -0.05) is 51.7 Å². The molecule has 1 aromatic carbocycles. The lowest BCUT2D eigenvalue weighted by Crippen LogP contribution is -2.35. The number of rotatable bonds is 11. The normalized spacial score (nSPS) is 10.5. The quantitative estimate of drug-likeness (QED) is 0.606. The predicted molar refractivity (Wildman–Crippen MR) is 100 cm³/mol. The summed E-state index contributed by atoms with van der Waals surface area (Å²) in [6.45, 7) is 4.82. The van der Waals surface area contributed by atoms with Gasteiger partial charge >= 0.3 is 0 Å². The second kappa shape index (κ2) is 11.6. The van der Waals surface area contributed by atoms with E-state index >= 15 is 0 Å². The van der Waals surface area contributed by atoms with Crippen LogP contribution in [0.2, 0.25) is 0 Å². The fraction of sp³-hybridized carbons (Fsp3) is 0.579. The Bertz CT molecular complexity index is 517. The Balaban J connectivity index is 2.71. The summed E-state index contributed by atoms with van der Waals surface area (Å²) in [4.78, 5) is 26.0. The number of benzene rings is 1. The van der Waals surface area contributed by atoms with Gasteiger partial charge in [-0.3, -0.25) is 9.59 Å². The molecule has 0 heterocycles. The number of carbonyl (C=O) groups excluding carboxylic acids is 2. The topological polar surface area (TPSA) is 75.4 Å².